The maximum atomic E-state index is 14.1. The molecule has 0 bridgehead atoms. The van der Waals surface area contributed by atoms with E-state index in [2.05, 4.69) is 10.4 Å². The first-order valence-electron chi connectivity index (χ1n) is 8.54. The predicted octanol–water partition coefficient (Wildman–Crippen LogP) is 3.90. The molecule has 0 fully saturated rings. The van der Waals surface area contributed by atoms with Gasteiger partial charge in [0.15, 0.2) is 9.84 Å². The van der Waals surface area contributed by atoms with E-state index < -0.39 is 45.4 Å². The van der Waals surface area contributed by atoms with Crippen molar-refractivity contribution in [1.29, 1.82) is 0 Å². The van der Waals surface area contributed by atoms with Crippen LogP contribution in [0.5, 0.6) is 0 Å². The molecule has 1 aromatic heterocycles. The molecule has 0 aliphatic carbocycles. The Morgan fingerprint density at radius 2 is 1.71 bits per heavy atom. The zero-order chi connectivity index (χ0) is 23.0. The number of hydrogen-bond donors (Lipinski definition) is 1. The molecule has 0 unspecified atom stereocenters. The van der Waals surface area contributed by atoms with Gasteiger partial charge in [-0.2, -0.15) is 18.3 Å². The van der Waals surface area contributed by atoms with E-state index in [0.717, 1.165) is 24.6 Å². The Balaban J connectivity index is 2.16. The second-order valence-electron chi connectivity index (χ2n) is 6.56. The van der Waals surface area contributed by atoms with Crippen molar-refractivity contribution in [1.82, 2.24) is 9.78 Å². The lowest BCUT2D eigenvalue weighted by Crippen LogP contribution is -2.31. The SMILES string of the molecule is CS(=O)(=O)c1ccc(-c2cnn(CC(F)(F)F)c(=O)c2Nc2ccc(F)cc2F)cc1. The molecule has 164 valence electrons. The molecule has 0 atom stereocenters. The third kappa shape index (κ3) is 5.26. The van der Waals surface area contributed by atoms with Crippen LogP contribution >= 0.6 is 0 Å². The molecule has 0 radical (unpaired) electrons. The summed E-state index contributed by atoms with van der Waals surface area (Å²) < 4.78 is 89.0. The molecular formula is C19H14F5N3O3S. The highest BCUT2D eigenvalue weighted by Gasteiger charge is 2.30. The lowest BCUT2D eigenvalue weighted by Gasteiger charge is -2.15. The Bertz CT molecular complexity index is 1290. The van der Waals surface area contributed by atoms with E-state index in [0.29, 0.717) is 6.07 Å². The minimum Gasteiger partial charge on any atom is -0.348 e. The van der Waals surface area contributed by atoms with Crippen LogP contribution in [0.1, 0.15) is 0 Å². The smallest absolute Gasteiger partial charge is 0.348 e. The highest BCUT2D eigenvalue weighted by molar-refractivity contribution is 7.90. The second kappa shape index (κ2) is 8.10. The normalized spacial score (nSPS) is 12.1. The number of hydrogen-bond acceptors (Lipinski definition) is 5. The predicted molar refractivity (Wildman–Crippen MR) is 103 cm³/mol. The standard InChI is InChI=1S/C19H14F5N3O3S/c1-31(29,30)13-5-2-11(3-6-13)14-9-25-27(10-19(22,23)24)18(28)17(14)26-16-7-4-12(20)8-15(16)21/h2-9,26H,10H2,1H3. The van der Waals surface area contributed by atoms with Crippen molar-refractivity contribution in [3.63, 3.8) is 0 Å². The molecule has 0 spiro atoms. The number of alkyl halides is 3. The van der Waals surface area contributed by atoms with Crippen LogP contribution in [-0.2, 0) is 16.4 Å². The monoisotopic (exact) mass is 459 g/mol. The van der Waals surface area contributed by atoms with Gasteiger partial charge in [0.25, 0.3) is 5.56 Å². The molecule has 0 saturated carbocycles. The van der Waals surface area contributed by atoms with Crippen LogP contribution in [0, 0.1) is 11.6 Å². The zero-order valence-electron chi connectivity index (χ0n) is 15.7. The lowest BCUT2D eigenvalue weighted by molar-refractivity contribution is -0.143. The van der Waals surface area contributed by atoms with E-state index in [1.165, 1.54) is 24.3 Å². The van der Waals surface area contributed by atoms with Gasteiger partial charge in [-0.15, -0.1) is 0 Å². The first kappa shape index (κ1) is 22.4. The topological polar surface area (TPSA) is 81.1 Å². The zero-order valence-corrected chi connectivity index (χ0v) is 16.6. The number of nitrogens with zero attached hydrogens (tertiary/aromatic N) is 2. The molecule has 6 nitrogen and oxygen atoms in total. The summed E-state index contributed by atoms with van der Waals surface area (Å²) in [6.45, 7) is -1.68. The molecule has 2 aromatic carbocycles. The van der Waals surface area contributed by atoms with Crippen LogP contribution < -0.4 is 10.9 Å². The lowest BCUT2D eigenvalue weighted by atomic mass is 10.1. The first-order valence-corrected chi connectivity index (χ1v) is 10.4. The molecule has 0 saturated heterocycles. The molecule has 0 aliphatic heterocycles. The van der Waals surface area contributed by atoms with Crippen LogP contribution in [0.3, 0.4) is 0 Å². The highest BCUT2D eigenvalue weighted by atomic mass is 32.2. The van der Waals surface area contributed by atoms with Gasteiger partial charge in [0.2, 0.25) is 0 Å². The number of nitrogens with one attached hydrogen (secondary N) is 1. The Labute approximate surface area is 172 Å². The van der Waals surface area contributed by atoms with Gasteiger partial charge in [-0.1, -0.05) is 12.1 Å². The average molecular weight is 459 g/mol. The number of benzene rings is 2. The Morgan fingerprint density at radius 3 is 2.26 bits per heavy atom. The molecule has 0 aliphatic rings. The van der Waals surface area contributed by atoms with Gasteiger partial charge in [-0.3, -0.25) is 4.79 Å². The quantitative estimate of drug-likeness (QED) is 0.586. The van der Waals surface area contributed by atoms with E-state index in [1.54, 1.807) is 0 Å². The summed E-state index contributed by atoms with van der Waals surface area (Å²) in [6.07, 6.45) is -2.79. The van der Waals surface area contributed by atoms with Crippen LogP contribution in [-0.4, -0.2) is 30.6 Å². The minimum atomic E-state index is -4.74. The van der Waals surface area contributed by atoms with Gasteiger partial charge in [0.05, 0.1) is 16.8 Å². The average Bonchev–Trinajstić information content (AvgIpc) is 2.65. The van der Waals surface area contributed by atoms with E-state index in [9.17, 15) is 35.2 Å². The van der Waals surface area contributed by atoms with Gasteiger partial charge in [0.1, 0.15) is 23.9 Å². The van der Waals surface area contributed by atoms with Gasteiger partial charge in [-0.25, -0.2) is 21.9 Å². The first-order chi connectivity index (χ1) is 14.3. The van der Waals surface area contributed by atoms with Crippen molar-refractivity contribution in [3.05, 3.63) is 70.6 Å². The minimum absolute atomic E-state index is 0.00722. The van der Waals surface area contributed by atoms with Crippen molar-refractivity contribution in [2.24, 2.45) is 0 Å². The number of halogens is 5. The fourth-order valence-corrected chi connectivity index (χ4v) is 3.35. The largest absolute Gasteiger partial charge is 0.408 e. The summed E-state index contributed by atoms with van der Waals surface area (Å²) in [7, 11) is -3.51. The Kier molecular flexibility index (Phi) is 5.85. The summed E-state index contributed by atoms with van der Waals surface area (Å²) in [5, 5.41) is 5.93. The fourth-order valence-electron chi connectivity index (χ4n) is 2.72. The van der Waals surface area contributed by atoms with Crippen LogP contribution in [0.15, 0.2) is 58.4 Å². The molecule has 3 rings (SSSR count). The number of sulfone groups is 1. The molecule has 1 N–H and O–H groups in total. The van der Waals surface area contributed by atoms with E-state index in [1.807, 2.05) is 0 Å². The molecule has 1 heterocycles. The summed E-state index contributed by atoms with van der Waals surface area (Å²) in [4.78, 5) is 12.7. The van der Waals surface area contributed by atoms with Gasteiger partial charge in [-0.05, 0) is 29.8 Å². The van der Waals surface area contributed by atoms with Gasteiger partial charge < -0.3 is 5.32 Å². The maximum absolute atomic E-state index is 14.1. The number of aromatic nitrogens is 2. The molecule has 12 heteroatoms. The van der Waals surface area contributed by atoms with E-state index in [4.69, 9.17) is 0 Å². The summed E-state index contributed by atoms with van der Waals surface area (Å²) in [5.74, 6) is -1.96. The van der Waals surface area contributed by atoms with E-state index in [-0.39, 0.29) is 26.4 Å². The third-order valence-corrected chi connectivity index (χ3v) is 5.29. The Hall–Kier alpha value is -3.28. The van der Waals surface area contributed by atoms with Crippen LogP contribution in [0.2, 0.25) is 0 Å². The number of anilines is 2. The van der Waals surface area contributed by atoms with Crippen LogP contribution in [0.4, 0.5) is 33.3 Å². The molecule has 3 aromatic rings. The van der Waals surface area contributed by atoms with Crippen molar-refractivity contribution < 1.29 is 30.4 Å². The maximum Gasteiger partial charge on any atom is 0.408 e. The van der Waals surface area contributed by atoms with Crippen LogP contribution in [0.25, 0.3) is 11.1 Å². The fraction of sp³-hybridized carbons (Fsp3) is 0.158. The summed E-state index contributed by atoms with van der Waals surface area (Å²) in [6, 6.07) is 7.57. The van der Waals surface area contributed by atoms with E-state index >= 15 is 0 Å². The highest BCUT2D eigenvalue weighted by Crippen LogP contribution is 2.29. The second-order valence-corrected chi connectivity index (χ2v) is 8.57. The molecule has 31 heavy (non-hydrogen) atoms. The Morgan fingerprint density at radius 1 is 1.06 bits per heavy atom. The summed E-state index contributed by atoms with van der Waals surface area (Å²) in [5.41, 5.74) is -1.77. The molecule has 0 amide bonds. The molecular weight excluding hydrogens is 445 g/mol. The van der Waals surface area contributed by atoms with Crippen molar-refractivity contribution in [2.45, 2.75) is 17.6 Å². The van der Waals surface area contributed by atoms with Gasteiger partial charge >= 0.3 is 6.18 Å². The van der Waals surface area contributed by atoms with Gasteiger partial charge in [0, 0.05) is 17.9 Å². The third-order valence-electron chi connectivity index (χ3n) is 4.16. The number of rotatable bonds is 5. The van der Waals surface area contributed by atoms with Crippen molar-refractivity contribution in [3.8, 4) is 11.1 Å². The summed E-state index contributed by atoms with van der Waals surface area (Å²) >= 11 is 0. The van der Waals surface area contributed by atoms with Crippen molar-refractivity contribution >= 4 is 21.2 Å². The van der Waals surface area contributed by atoms with Crippen molar-refractivity contribution in [2.75, 3.05) is 11.6 Å².